The normalized spacial score (nSPS) is 18.9. The standard InChI is InChI=1S/C19H19NO5S/c1-23-16-8-12(2-4-14(16)21)10-20-18(22)11-26-19(20)13-3-5-15-17(9-13)25-7-6-24-15/h2-5,8-9,19,21H,6-7,10-11H2,1H3. The lowest BCUT2D eigenvalue weighted by molar-refractivity contribution is -0.128. The Morgan fingerprint density at radius 3 is 2.81 bits per heavy atom. The monoisotopic (exact) mass is 373 g/mol. The van der Waals surface area contributed by atoms with Gasteiger partial charge in [-0.1, -0.05) is 12.1 Å². The van der Waals surface area contributed by atoms with E-state index in [1.165, 1.54) is 7.11 Å². The van der Waals surface area contributed by atoms with Crippen LogP contribution in [-0.2, 0) is 11.3 Å². The number of carbonyl (C=O) groups is 1. The van der Waals surface area contributed by atoms with Gasteiger partial charge in [0.05, 0.1) is 12.9 Å². The van der Waals surface area contributed by atoms with E-state index in [2.05, 4.69) is 0 Å². The van der Waals surface area contributed by atoms with Crippen LogP contribution in [0.1, 0.15) is 16.5 Å². The maximum absolute atomic E-state index is 12.4. The summed E-state index contributed by atoms with van der Waals surface area (Å²) in [6.45, 7) is 1.53. The molecule has 0 aromatic heterocycles. The molecule has 7 heteroatoms. The molecule has 2 aliphatic heterocycles. The van der Waals surface area contributed by atoms with Crippen LogP contribution in [0, 0.1) is 0 Å². The number of ether oxygens (including phenoxy) is 3. The van der Waals surface area contributed by atoms with E-state index in [-0.39, 0.29) is 17.0 Å². The number of hydrogen-bond acceptors (Lipinski definition) is 6. The van der Waals surface area contributed by atoms with Crippen molar-refractivity contribution in [1.82, 2.24) is 4.90 Å². The first-order valence-electron chi connectivity index (χ1n) is 8.32. The largest absolute Gasteiger partial charge is 0.504 e. The number of aromatic hydroxyl groups is 1. The number of benzene rings is 2. The lowest BCUT2D eigenvalue weighted by atomic mass is 10.1. The molecule has 0 saturated carbocycles. The molecule has 0 bridgehead atoms. The molecule has 1 saturated heterocycles. The van der Waals surface area contributed by atoms with Crippen LogP contribution in [0.5, 0.6) is 23.0 Å². The van der Waals surface area contributed by atoms with Crippen LogP contribution in [0.2, 0.25) is 0 Å². The highest BCUT2D eigenvalue weighted by Gasteiger charge is 2.33. The third-order valence-electron chi connectivity index (χ3n) is 4.42. The van der Waals surface area contributed by atoms with Gasteiger partial charge in [0.2, 0.25) is 5.91 Å². The van der Waals surface area contributed by atoms with Crippen molar-refractivity contribution in [3.05, 3.63) is 47.5 Å². The van der Waals surface area contributed by atoms with E-state index in [0.717, 1.165) is 22.6 Å². The number of hydrogen-bond donors (Lipinski definition) is 1. The van der Waals surface area contributed by atoms with Gasteiger partial charge in [0.1, 0.15) is 18.6 Å². The first kappa shape index (κ1) is 16.9. The molecular weight excluding hydrogens is 354 g/mol. The lowest BCUT2D eigenvalue weighted by Crippen LogP contribution is -2.27. The number of methoxy groups -OCH3 is 1. The summed E-state index contributed by atoms with van der Waals surface area (Å²) in [4.78, 5) is 14.3. The summed E-state index contributed by atoms with van der Waals surface area (Å²) in [7, 11) is 1.51. The molecule has 0 spiro atoms. The molecule has 26 heavy (non-hydrogen) atoms. The number of carbonyl (C=O) groups excluding carboxylic acids is 1. The van der Waals surface area contributed by atoms with E-state index in [9.17, 15) is 9.90 Å². The minimum atomic E-state index is -0.0851. The molecule has 0 aliphatic carbocycles. The minimum Gasteiger partial charge on any atom is -0.504 e. The third kappa shape index (κ3) is 3.14. The summed E-state index contributed by atoms with van der Waals surface area (Å²) in [6.07, 6.45) is 0. The van der Waals surface area contributed by atoms with Gasteiger partial charge >= 0.3 is 0 Å². The molecule has 1 amide bonds. The Hall–Kier alpha value is -2.54. The average Bonchev–Trinajstić information content (AvgIpc) is 3.03. The van der Waals surface area contributed by atoms with Crippen molar-refractivity contribution in [2.24, 2.45) is 0 Å². The van der Waals surface area contributed by atoms with E-state index in [1.807, 2.05) is 23.1 Å². The fraction of sp³-hybridized carbons (Fsp3) is 0.316. The van der Waals surface area contributed by atoms with Crippen molar-refractivity contribution in [2.45, 2.75) is 11.9 Å². The van der Waals surface area contributed by atoms with Crippen LogP contribution in [-0.4, -0.2) is 42.0 Å². The number of nitrogens with zero attached hydrogens (tertiary/aromatic N) is 1. The molecular formula is C19H19NO5S. The van der Waals surface area contributed by atoms with Gasteiger partial charge in [-0.05, 0) is 35.4 Å². The van der Waals surface area contributed by atoms with Gasteiger partial charge in [-0.3, -0.25) is 4.79 Å². The Kier molecular flexibility index (Phi) is 4.55. The average molecular weight is 373 g/mol. The molecule has 2 aliphatic rings. The van der Waals surface area contributed by atoms with E-state index in [0.29, 0.717) is 31.3 Å². The fourth-order valence-corrected chi connectivity index (χ4v) is 4.31. The minimum absolute atomic E-state index is 0.0850. The van der Waals surface area contributed by atoms with Gasteiger partial charge in [-0.2, -0.15) is 0 Å². The summed E-state index contributed by atoms with van der Waals surface area (Å²) in [5.41, 5.74) is 1.91. The number of thioether (sulfide) groups is 1. The van der Waals surface area contributed by atoms with Crippen molar-refractivity contribution in [2.75, 3.05) is 26.1 Å². The molecule has 2 aromatic carbocycles. The van der Waals surface area contributed by atoms with E-state index in [1.54, 1.807) is 30.0 Å². The topological polar surface area (TPSA) is 68.2 Å². The number of rotatable bonds is 4. The Labute approximate surface area is 155 Å². The van der Waals surface area contributed by atoms with Crippen molar-refractivity contribution in [1.29, 1.82) is 0 Å². The zero-order valence-electron chi connectivity index (χ0n) is 14.3. The lowest BCUT2D eigenvalue weighted by Gasteiger charge is -2.26. The molecule has 4 rings (SSSR count). The highest BCUT2D eigenvalue weighted by molar-refractivity contribution is 8.00. The Morgan fingerprint density at radius 2 is 2.00 bits per heavy atom. The van der Waals surface area contributed by atoms with Gasteiger partial charge < -0.3 is 24.2 Å². The summed E-state index contributed by atoms with van der Waals surface area (Å²) in [5, 5.41) is 9.67. The van der Waals surface area contributed by atoms with Gasteiger partial charge in [-0.15, -0.1) is 11.8 Å². The van der Waals surface area contributed by atoms with Crippen LogP contribution < -0.4 is 14.2 Å². The maximum Gasteiger partial charge on any atom is 0.234 e. The molecule has 1 N–H and O–H groups in total. The first-order valence-corrected chi connectivity index (χ1v) is 9.37. The van der Waals surface area contributed by atoms with Gasteiger partial charge in [0.25, 0.3) is 0 Å². The van der Waals surface area contributed by atoms with Gasteiger partial charge in [-0.25, -0.2) is 0 Å². The van der Waals surface area contributed by atoms with Crippen molar-refractivity contribution < 1.29 is 24.1 Å². The van der Waals surface area contributed by atoms with E-state index >= 15 is 0 Å². The number of phenolic OH excluding ortho intramolecular Hbond substituents is 1. The smallest absolute Gasteiger partial charge is 0.234 e. The summed E-state index contributed by atoms with van der Waals surface area (Å²) < 4.78 is 16.4. The summed E-state index contributed by atoms with van der Waals surface area (Å²) in [6, 6.07) is 11.0. The quantitative estimate of drug-likeness (QED) is 0.889. The third-order valence-corrected chi connectivity index (χ3v) is 5.67. The number of amides is 1. The predicted molar refractivity (Wildman–Crippen MR) is 97.8 cm³/mol. The summed E-state index contributed by atoms with van der Waals surface area (Å²) >= 11 is 1.59. The van der Waals surface area contributed by atoms with Crippen LogP contribution in [0.25, 0.3) is 0 Å². The second-order valence-electron chi connectivity index (χ2n) is 6.09. The molecule has 2 heterocycles. The molecule has 1 unspecified atom stereocenters. The Bertz CT molecular complexity index is 841. The number of phenols is 1. The SMILES string of the molecule is COc1cc(CN2C(=O)CSC2c2ccc3c(c2)OCCO3)ccc1O. The van der Waals surface area contributed by atoms with Crippen molar-refractivity contribution in [3.8, 4) is 23.0 Å². The molecule has 0 radical (unpaired) electrons. The highest BCUT2D eigenvalue weighted by Crippen LogP contribution is 2.43. The second-order valence-corrected chi connectivity index (χ2v) is 7.16. The zero-order valence-corrected chi connectivity index (χ0v) is 15.1. The second kappa shape index (κ2) is 6.99. The fourth-order valence-electron chi connectivity index (χ4n) is 3.13. The van der Waals surface area contributed by atoms with Crippen LogP contribution in [0.3, 0.4) is 0 Å². The molecule has 1 fully saturated rings. The Morgan fingerprint density at radius 1 is 1.19 bits per heavy atom. The predicted octanol–water partition coefficient (Wildman–Crippen LogP) is 2.95. The van der Waals surface area contributed by atoms with E-state index < -0.39 is 0 Å². The van der Waals surface area contributed by atoms with E-state index in [4.69, 9.17) is 14.2 Å². The van der Waals surface area contributed by atoms with Crippen LogP contribution in [0.15, 0.2) is 36.4 Å². The van der Waals surface area contributed by atoms with Crippen LogP contribution >= 0.6 is 11.8 Å². The first-order chi connectivity index (χ1) is 12.7. The summed E-state index contributed by atoms with van der Waals surface area (Å²) in [5.74, 6) is 2.47. The number of fused-ring (bicyclic) bond motifs is 1. The van der Waals surface area contributed by atoms with Gasteiger partial charge in [0, 0.05) is 6.54 Å². The maximum atomic E-state index is 12.4. The van der Waals surface area contributed by atoms with Crippen LogP contribution in [0.4, 0.5) is 0 Å². The molecule has 1 atom stereocenters. The zero-order chi connectivity index (χ0) is 18.1. The molecule has 6 nitrogen and oxygen atoms in total. The Balaban J connectivity index is 1.59. The van der Waals surface area contributed by atoms with Crippen molar-refractivity contribution in [3.63, 3.8) is 0 Å². The molecule has 2 aromatic rings. The van der Waals surface area contributed by atoms with Crippen molar-refractivity contribution >= 4 is 17.7 Å². The highest BCUT2D eigenvalue weighted by atomic mass is 32.2. The molecule has 136 valence electrons. The van der Waals surface area contributed by atoms with Gasteiger partial charge in [0.15, 0.2) is 23.0 Å².